The Morgan fingerprint density at radius 2 is 2.10 bits per heavy atom. The van der Waals surface area contributed by atoms with Crippen LogP contribution in [0, 0.1) is 5.41 Å². The van der Waals surface area contributed by atoms with Crippen molar-refractivity contribution in [2.75, 3.05) is 18.0 Å². The molecule has 0 aliphatic carbocycles. The SMILES string of the molecule is CC1(C)CCCN(c2cc(Br)ccc2C=CC(=O)O)CC1. The second kappa shape index (κ2) is 6.65. The van der Waals surface area contributed by atoms with Gasteiger partial charge >= 0.3 is 5.97 Å². The molecule has 1 aliphatic rings. The van der Waals surface area contributed by atoms with E-state index >= 15 is 0 Å². The van der Waals surface area contributed by atoms with Gasteiger partial charge in [0, 0.05) is 29.3 Å². The van der Waals surface area contributed by atoms with Crippen LogP contribution in [0.5, 0.6) is 0 Å². The zero-order valence-corrected chi connectivity index (χ0v) is 14.2. The highest BCUT2D eigenvalue weighted by atomic mass is 79.9. The maximum absolute atomic E-state index is 10.8. The Morgan fingerprint density at radius 1 is 1.33 bits per heavy atom. The first-order valence-electron chi connectivity index (χ1n) is 7.33. The summed E-state index contributed by atoms with van der Waals surface area (Å²) in [6.45, 7) is 6.68. The molecule has 0 amide bonds. The van der Waals surface area contributed by atoms with Crippen molar-refractivity contribution in [3.05, 3.63) is 34.3 Å². The molecule has 0 saturated carbocycles. The lowest BCUT2D eigenvalue weighted by molar-refractivity contribution is -0.131. The molecule has 0 aromatic heterocycles. The lowest BCUT2D eigenvalue weighted by Gasteiger charge is -2.26. The number of hydrogen-bond acceptors (Lipinski definition) is 2. The summed E-state index contributed by atoms with van der Waals surface area (Å²) in [5.74, 6) is -0.916. The van der Waals surface area contributed by atoms with Crippen LogP contribution in [0.15, 0.2) is 28.7 Å². The number of halogens is 1. The number of hydrogen-bond donors (Lipinski definition) is 1. The van der Waals surface area contributed by atoms with Crippen molar-refractivity contribution in [2.24, 2.45) is 5.41 Å². The van der Waals surface area contributed by atoms with Gasteiger partial charge in [-0.1, -0.05) is 35.8 Å². The smallest absolute Gasteiger partial charge is 0.328 e. The molecule has 0 unspecified atom stereocenters. The summed E-state index contributed by atoms with van der Waals surface area (Å²) in [6.07, 6.45) is 6.44. The van der Waals surface area contributed by atoms with Crippen molar-refractivity contribution in [3.63, 3.8) is 0 Å². The van der Waals surface area contributed by atoms with E-state index in [1.165, 1.54) is 18.9 Å². The van der Waals surface area contributed by atoms with E-state index in [2.05, 4.69) is 40.7 Å². The van der Waals surface area contributed by atoms with Crippen molar-refractivity contribution in [2.45, 2.75) is 33.1 Å². The van der Waals surface area contributed by atoms with E-state index in [1.807, 2.05) is 12.1 Å². The van der Waals surface area contributed by atoms with E-state index in [1.54, 1.807) is 6.08 Å². The van der Waals surface area contributed by atoms with Gasteiger partial charge in [-0.3, -0.25) is 0 Å². The number of carboxylic acids is 1. The Labute approximate surface area is 134 Å². The molecule has 1 aromatic carbocycles. The van der Waals surface area contributed by atoms with E-state index in [0.29, 0.717) is 5.41 Å². The predicted octanol–water partition coefficient (Wildman–Crippen LogP) is 4.56. The van der Waals surface area contributed by atoms with E-state index in [0.717, 1.165) is 35.2 Å². The monoisotopic (exact) mass is 351 g/mol. The summed E-state index contributed by atoms with van der Waals surface area (Å²) in [6, 6.07) is 6.00. The molecule has 1 aliphatic heterocycles. The molecule has 1 saturated heterocycles. The molecule has 0 atom stereocenters. The summed E-state index contributed by atoms with van der Waals surface area (Å²) >= 11 is 3.52. The van der Waals surface area contributed by atoms with E-state index in [4.69, 9.17) is 5.11 Å². The lowest BCUT2D eigenvalue weighted by atomic mass is 9.85. The van der Waals surface area contributed by atoms with Crippen LogP contribution in [0.1, 0.15) is 38.7 Å². The van der Waals surface area contributed by atoms with Gasteiger partial charge in [0.25, 0.3) is 0 Å². The van der Waals surface area contributed by atoms with Crippen LogP contribution in [0.25, 0.3) is 6.08 Å². The fourth-order valence-corrected chi connectivity index (χ4v) is 3.11. The Bertz CT molecular complexity index is 552. The van der Waals surface area contributed by atoms with Gasteiger partial charge in [-0.05, 0) is 48.4 Å². The van der Waals surface area contributed by atoms with E-state index < -0.39 is 5.97 Å². The molecule has 1 N–H and O–H groups in total. The van der Waals surface area contributed by atoms with Crippen molar-refractivity contribution >= 4 is 33.7 Å². The Hall–Kier alpha value is -1.29. The summed E-state index contributed by atoms with van der Waals surface area (Å²) in [5, 5.41) is 8.83. The molecule has 0 radical (unpaired) electrons. The van der Waals surface area contributed by atoms with E-state index in [9.17, 15) is 4.79 Å². The van der Waals surface area contributed by atoms with Crippen LogP contribution in [0.4, 0.5) is 5.69 Å². The van der Waals surface area contributed by atoms with Gasteiger partial charge in [-0.2, -0.15) is 0 Å². The van der Waals surface area contributed by atoms with Crippen LogP contribution in [0.3, 0.4) is 0 Å². The highest BCUT2D eigenvalue weighted by Gasteiger charge is 2.24. The molecule has 21 heavy (non-hydrogen) atoms. The summed E-state index contributed by atoms with van der Waals surface area (Å²) in [7, 11) is 0. The van der Waals surface area contributed by atoms with Gasteiger partial charge in [-0.25, -0.2) is 4.79 Å². The summed E-state index contributed by atoms with van der Waals surface area (Å²) < 4.78 is 1.02. The molecule has 0 bridgehead atoms. The van der Waals surface area contributed by atoms with Crippen LogP contribution in [0.2, 0.25) is 0 Å². The largest absolute Gasteiger partial charge is 0.478 e. The lowest BCUT2D eigenvalue weighted by Crippen LogP contribution is -2.25. The summed E-state index contributed by atoms with van der Waals surface area (Å²) in [5.41, 5.74) is 2.46. The standard InChI is InChI=1S/C17H22BrNO2/c1-17(2)8-3-10-19(11-9-17)15-12-14(18)6-4-13(15)5-7-16(20)21/h4-7,12H,3,8-11H2,1-2H3,(H,20,21). The third kappa shape index (κ3) is 4.60. The minimum absolute atomic E-state index is 0.387. The van der Waals surface area contributed by atoms with Gasteiger partial charge in [0.1, 0.15) is 0 Å². The molecular weight excluding hydrogens is 330 g/mol. The summed E-state index contributed by atoms with van der Waals surface area (Å²) in [4.78, 5) is 13.1. The molecule has 1 aromatic rings. The minimum atomic E-state index is -0.916. The Balaban J connectivity index is 2.29. The van der Waals surface area contributed by atoms with Crippen molar-refractivity contribution in [3.8, 4) is 0 Å². The maximum Gasteiger partial charge on any atom is 0.328 e. The second-order valence-electron chi connectivity index (χ2n) is 6.38. The second-order valence-corrected chi connectivity index (χ2v) is 7.30. The van der Waals surface area contributed by atoms with Crippen LogP contribution < -0.4 is 4.90 Å². The normalized spacial score (nSPS) is 18.7. The Morgan fingerprint density at radius 3 is 2.81 bits per heavy atom. The number of carbonyl (C=O) groups is 1. The molecule has 2 rings (SSSR count). The van der Waals surface area contributed by atoms with Gasteiger partial charge in [0.2, 0.25) is 0 Å². The van der Waals surface area contributed by atoms with Gasteiger partial charge in [0.15, 0.2) is 0 Å². The fraction of sp³-hybridized carbons (Fsp3) is 0.471. The first kappa shape index (κ1) is 16.1. The molecule has 1 fully saturated rings. The average molecular weight is 352 g/mol. The molecule has 3 nitrogen and oxygen atoms in total. The van der Waals surface area contributed by atoms with E-state index in [-0.39, 0.29) is 0 Å². The van der Waals surface area contributed by atoms with Crippen LogP contribution in [-0.4, -0.2) is 24.2 Å². The average Bonchev–Trinajstić information content (AvgIpc) is 2.58. The topological polar surface area (TPSA) is 40.5 Å². The van der Waals surface area contributed by atoms with Crippen LogP contribution in [-0.2, 0) is 4.79 Å². The molecule has 0 spiro atoms. The highest BCUT2D eigenvalue weighted by Crippen LogP contribution is 2.34. The molecular formula is C17H22BrNO2. The molecule has 114 valence electrons. The zero-order chi connectivity index (χ0) is 15.5. The van der Waals surface area contributed by atoms with Gasteiger partial charge < -0.3 is 10.0 Å². The predicted molar refractivity (Wildman–Crippen MR) is 90.7 cm³/mol. The minimum Gasteiger partial charge on any atom is -0.478 e. The number of anilines is 1. The quantitative estimate of drug-likeness (QED) is 0.811. The Kier molecular flexibility index (Phi) is 5.09. The zero-order valence-electron chi connectivity index (χ0n) is 12.6. The van der Waals surface area contributed by atoms with Gasteiger partial charge in [0.05, 0.1) is 0 Å². The first-order valence-corrected chi connectivity index (χ1v) is 8.12. The number of rotatable bonds is 3. The number of aliphatic carboxylic acids is 1. The van der Waals surface area contributed by atoms with Crippen LogP contribution >= 0.6 is 15.9 Å². The number of nitrogens with zero attached hydrogens (tertiary/aromatic N) is 1. The number of carboxylic acid groups (broad SMARTS) is 1. The van der Waals surface area contributed by atoms with Crippen molar-refractivity contribution in [1.29, 1.82) is 0 Å². The fourth-order valence-electron chi connectivity index (χ4n) is 2.76. The molecule has 1 heterocycles. The van der Waals surface area contributed by atoms with Crippen molar-refractivity contribution in [1.82, 2.24) is 0 Å². The maximum atomic E-state index is 10.8. The first-order chi connectivity index (χ1) is 9.87. The third-order valence-corrected chi connectivity index (χ3v) is 4.57. The molecule has 4 heteroatoms. The van der Waals surface area contributed by atoms with Gasteiger partial charge in [-0.15, -0.1) is 0 Å². The number of benzene rings is 1. The highest BCUT2D eigenvalue weighted by molar-refractivity contribution is 9.10. The third-order valence-electron chi connectivity index (χ3n) is 4.08. The van der Waals surface area contributed by atoms with Crippen molar-refractivity contribution < 1.29 is 9.90 Å².